The summed E-state index contributed by atoms with van der Waals surface area (Å²) in [5.41, 5.74) is -2.78. The predicted molar refractivity (Wildman–Crippen MR) is 180 cm³/mol. The van der Waals surface area contributed by atoms with Crippen molar-refractivity contribution in [3.63, 3.8) is 0 Å². The third-order valence-corrected chi connectivity index (χ3v) is 10.8. The van der Waals surface area contributed by atoms with E-state index in [9.17, 15) is 36.0 Å². The number of carbonyl (C=O) groups is 3. The zero-order chi connectivity index (χ0) is 36.0. The highest BCUT2D eigenvalue weighted by Crippen LogP contribution is 2.33. The van der Waals surface area contributed by atoms with Crippen molar-refractivity contribution in [3.8, 4) is 0 Å². The first-order valence-corrected chi connectivity index (χ1v) is 18.5. The largest absolute Gasteiger partial charge is 0.444 e. The van der Waals surface area contributed by atoms with Crippen LogP contribution in [0.3, 0.4) is 0 Å². The molecule has 2 aromatic carbocycles. The van der Waals surface area contributed by atoms with Crippen LogP contribution in [-0.4, -0.2) is 80.6 Å². The van der Waals surface area contributed by atoms with Crippen LogP contribution in [0.25, 0.3) is 0 Å². The van der Waals surface area contributed by atoms with Gasteiger partial charge in [-0.2, -0.15) is 13.2 Å². The minimum Gasteiger partial charge on any atom is -0.444 e. The first kappa shape index (κ1) is 39.1. The van der Waals surface area contributed by atoms with Crippen molar-refractivity contribution in [1.29, 1.82) is 0 Å². The normalized spacial score (nSPS) is 18.8. The van der Waals surface area contributed by atoms with E-state index in [2.05, 4.69) is 34.7 Å². The molecule has 0 radical (unpaired) electrons. The number of anilines is 1. The molecule has 0 heterocycles. The monoisotopic (exact) mass is 714 g/mol. The molecule has 3 atom stereocenters. The van der Waals surface area contributed by atoms with Gasteiger partial charge in [0.1, 0.15) is 5.60 Å². The molecule has 1 fully saturated rings. The summed E-state index contributed by atoms with van der Waals surface area (Å²) in [5.74, 6) is -2.31. The first-order chi connectivity index (χ1) is 22.2. The molecular formula is C33H45F3N4O6S2. The number of ether oxygens (including phenoxy) is 1. The van der Waals surface area contributed by atoms with Crippen LogP contribution in [0.1, 0.15) is 69.8 Å². The van der Waals surface area contributed by atoms with E-state index in [1.54, 1.807) is 45.0 Å². The van der Waals surface area contributed by atoms with Crippen LogP contribution in [0.15, 0.2) is 52.3 Å². The van der Waals surface area contributed by atoms with E-state index in [1.807, 2.05) is 13.3 Å². The molecule has 10 nitrogen and oxygen atoms in total. The van der Waals surface area contributed by atoms with Crippen LogP contribution in [0.5, 0.6) is 0 Å². The Hall–Kier alpha value is -3.30. The van der Waals surface area contributed by atoms with Crippen LogP contribution < -0.4 is 16.0 Å². The topological polar surface area (TPSA) is 134 Å². The van der Waals surface area contributed by atoms with Gasteiger partial charge in [0, 0.05) is 23.0 Å². The Kier molecular flexibility index (Phi) is 13.0. The van der Waals surface area contributed by atoms with Crippen molar-refractivity contribution in [1.82, 2.24) is 15.5 Å². The van der Waals surface area contributed by atoms with Gasteiger partial charge in [-0.25, -0.2) is 13.2 Å². The van der Waals surface area contributed by atoms with E-state index in [0.29, 0.717) is 31.4 Å². The number of carbonyl (C=O) groups excluding carboxylic acids is 3. The number of halogens is 3. The summed E-state index contributed by atoms with van der Waals surface area (Å²) in [7, 11) is -1.73. The van der Waals surface area contributed by atoms with Gasteiger partial charge >= 0.3 is 12.3 Å². The van der Waals surface area contributed by atoms with Crippen molar-refractivity contribution in [2.24, 2.45) is 5.92 Å². The molecule has 2 aromatic rings. The molecule has 0 aliphatic heterocycles. The molecule has 3 amide bonds. The Morgan fingerprint density at radius 3 is 2.25 bits per heavy atom. The number of nitrogens with zero attached hydrogens (tertiary/aromatic N) is 1. The number of rotatable bonds is 11. The summed E-state index contributed by atoms with van der Waals surface area (Å²) in [6.07, 6.45) is -2.15. The van der Waals surface area contributed by atoms with E-state index in [0.717, 1.165) is 11.0 Å². The van der Waals surface area contributed by atoms with Gasteiger partial charge in [0.05, 0.1) is 34.0 Å². The second-order valence-corrected chi connectivity index (χ2v) is 16.1. The number of hydrogen-bond acceptors (Lipinski definition) is 8. The third-order valence-electron chi connectivity index (χ3n) is 8.18. The number of alkyl halides is 3. The lowest BCUT2D eigenvalue weighted by atomic mass is 9.81. The van der Waals surface area contributed by atoms with Crippen LogP contribution in [0.2, 0.25) is 0 Å². The maximum Gasteiger partial charge on any atom is 0.416 e. The number of hydrogen-bond donors (Lipinski definition) is 3. The van der Waals surface area contributed by atoms with Gasteiger partial charge in [-0.1, -0.05) is 0 Å². The van der Waals surface area contributed by atoms with Gasteiger partial charge in [0.2, 0.25) is 5.91 Å². The van der Waals surface area contributed by atoms with E-state index >= 15 is 0 Å². The second kappa shape index (κ2) is 15.9. The molecule has 1 aliphatic rings. The molecule has 266 valence electrons. The van der Waals surface area contributed by atoms with Gasteiger partial charge < -0.3 is 20.3 Å². The number of nitrogens with one attached hydrogen (secondary N) is 3. The van der Waals surface area contributed by atoms with Gasteiger partial charge in [-0.05, 0) is 116 Å². The van der Waals surface area contributed by atoms with Gasteiger partial charge in [0.15, 0.2) is 9.84 Å². The van der Waals surface area contributed by atoms with Crippen molar-refractivity contribution in [2.75, 3.05) is 30.9 Å². The lowest BCUT2D eigenvalue weighted by Gasteiger charge is -2.41. The van der Waals surface area contributed by atoms with Crippen LogP contribution >= 0.6 is 11.8 Å². The average molecular weight is 715 g/mol. The van der Waals surface area contributed by atoms with Crippen LogP contribution in [0, 0.1) is 5.92 Å². The Morgan fingerprint density at radius 2 is 1.69 bits per heavy atom. The fraction of sp³-hybridized carbons (Fsp3) is 0.545. The zero-order valence-corrected chi connectivity index (χ0v) is 29.9. The fourth-order valence-electron chi connectivity index (χ4n) is 5.51. The molecule has 0 spiro atoms. The van der Waals surface area contributed by atoms with E-state index < -0.39 is 69.2 Å². The molecule has 3 N–H and O–H groups in total. The van der Waals surface area contributed by atoms with Crippen molar-refractivity contribution < 1.29 is 40.7 Å². The predicted octanol–water partition coefficient (Wildman–Crippen LogP) is 5.97. The number of benzene rings is 2. The minimum atomic E-state index is -4.77. The van der Waals surface area contributed by atoms with Crippen molar-refractivity contribution in [3.05, 3.63) is 53.6 Å². The lowest BCUT2D eigenvalue weighted by molar-refractivity contribution is -0.137. The molecule has 0 aromatic heterocycles. The molecule has 0 saturated heterocycles. The molecular weight excluding hydrogens is 670 g/mol. The highest BCUT2D eigenvalue weighted by molar-refractivity contribution is 7.98. The van der Waals surface area contributed by atoms with E-state index in [4.69, 9.17) is 4.74 Å². The quantitative estimate of drug-likeness (QED) is 0.243. The number of thioether (sulfide) groups is 1. The van der Waals surface area contributed by atoms with Gasteiger partial charge in [0.25, 0.3) is 5.91 Å². The SMILES string of the molecule is CSc1ccc(S(=O)(=O)C[C@H]2C[C@@H](N(C)C(C)C)CC[C@@H]2NC(=O)CNC(=O)c2cc(C(F)(F)F)ccc2NC(=O)OC(C)(C)C)cc1. The molecule has 1 saturated carbocycles. The standard InChI is InChI=1S/C33H45F3N4O6S2/c1-20(2)40(6)23-9-15-27(21(16-23)19-48(44,45)25-12-10-24(47-7)11-13-25)38-29(41)18-37-30(42)26-17-22(33(34,35)36)8-14-28(26)39-31(43)46-32(3,4)5/h8,10-14,17,20-21,23,27H,9,15-16,18-19H2,1-7H3,(H,37,42)(H,38,41)(H,39,43)/t21-,23+,27+/m1/s1. The molecule has 48 heavy (non-hydrogen) atoms. The van der Waals surface area contributed by atoms with Crippen LogP contribution in [0.4, 0.5) is 23.7 Å². The van der Waals surface area contributed by atoms with Crippen molar-refractivity contribution >= 4 is 45.2 Å². The Balaban J connectivity index is 1.77. The molecule has 1 aliphatic carbocycles. The average Bonchev–Trinajstić information content (AvgIpc) is 2.98. The van der Waals surface area contributed by atoms with E-state index in [1.165, 1.54) is 11.8 Å². The van der Waals surface area contributed by atoms with E-state index in [-0.39, 0.29) is 28.4 Å². The molecule has 15 heteroatoms. The van der Waals surface area contributed by atoms with Crippen LogP contribution in [-0.2, 0) is 25.5 Å². The molecule has 0 bridgehead atoms. The van der Waals surface area contributed by atoms with Crippen molar-refractivity contribution in [2.45, 2.75) is 93.6 Å². The highest BCUT2D eigenvalue weighted by Gasteiger charge is 2.37. The Bertz CT molecular complexity index is 1560. The zero-order valence-electron chi connectivity index (χ0n) is 28.2. The smallest absolute Gasteiger partial charge is 0.416 e. The maximum absolute atomic E-state index is 13.5. The lowest BCUT2D eigenvalue weighted by Crippen LogP contribution is -2.52. The third kappa shape index (κ3) is 11.1. The van der Waals surface area contributed by atoms with Gasteiger partial charge in [-0.3, -0.25) is 14.9 Å². The summed E-state index contributed by atoms with van der Waals surface area (Å²) in [6.45, 7) is 8.31. The minimum absolute atomic E-state index is 0.0914. The summed E-state index contributed by atoms with van der Waals surface area (Å²) >= 11 is 1.50. The number of amides is 3. The maximum atomic E-state index is 13.5. The summed E-state index contributed by atoms with van der Waals surface area (Å²) in [6, 6.07) is 8.66. The molecule has 3 rings (SSSR count). The summed E-state index contributed by atoms with van der Waals surface area (Å²) < 4.78 is 72.6. The van der Waals surface area contributed by atoms with Gasteiger partial charge in [-0.15, -0.1) is 11.8 Å². The Labute approximate surface area is 284 Å². The summed E-state index contributed by atoms with van der Waals surface area (Å²) in [5, 5.41) is 7.48. The second-order valence-electron chi connectivity index (χ2n) is 13.2. The Morgan fingerprint density at radius 1 is 1.04 bits per heavy atom. The highest BCUT2D eigenvalue weighted by atomic mass is 32.2. The number of sulfone groups is 1. The molecule has 0 unspecified atom stereocenters. The first-order valence-electron chi connectivity index (χ1n) is 15.6. The fourth-order valence-corrected chi connectivity index (χ4v) is 7.59. The summed E-state index contributed by atoms with van der Waals surface area (Å²) in [4.78, 5) is 41.8.